The second-order valence-corrected chi connectivity index (χ2v) is 7.16. The highest BCUT2D eigenvalue weighted by molar-refractivity contribution is 7.89. The van der Waals surface area contributed by atoms with Crippen molar-refractivity contribution in [3.8, 4) is 16.9 Å². The van der Waals surface area contributed by atoms with Crippen molar-refractivity contribution in [1.29, 1.82) is 0 Å². The monoisotopic (exact) mass is 395 g/mol. The maximum Gasteiger partial charge on any atom is 0.435 e. The molecule has 6 nitrogen and oxygen atoms in total. The van der Waals surface area contributed by atoms with Crippen LogP contribution in [0.15, 0.2) is 59.5 Å². The molecule has 3 aromatic rings. The van der Waals surface area contributed by atoms with E-state index in [4.69, 9.17) is 5.14 Å². The molecule has 140 valence electrons. The normalized spacial score (nSPS) is 12.1. The molecule has 1 aromatic heterocycles. The zero-order valence-corrected chi connectivity index (χ0v) is 14.3. The lowest BCUT2D eigenvalue weighted by Crippen LogP contribution is -2.12. The smallest absolute Gasteiger partial charge is 0.298 e. The average molecular weight is 395 g/mol. The van der Waals surface area contributed by atoms with Crippen molar-refractivity contribution >= 4 is 16.3 Å². The zero-order chi connectivity index (χ0) is 19.8. The van der Waals surface area contributed by atoms with E-state index in [0.717, 1.165) is 10.7 Å². The number of sulfonamides is 1. The summed E-state index contributed by atoms with van der Waals surface area (Å²) in [5.41, 5.74) is 0.0143. The summed E-state index contributed by atoms with van der Waals surface area (Å²) in [5.74, 6) is 0. The van der Waals surface area contributed by atoms with Crippen LogP contribution in [0, 0.1) is 0 Å². The molecule has 0 radical (unpaired) electrons. The number of benzene rings is 2. The molecule has 0 spiro atoms. The molecule has 2 aromatic carbocycles. The van der Waals surface area contributed by atoms with Crippen molar-refractivity contribution < 1.29 is 26.4 Å². The third kappa shape index (κ3) is 3.91. The number of aldehydes is 1. The lowest BCUT2D eigenvalue weighted by molar-refractivity contribution is -0.141. The largest absolute Gasteiger partial charge is 0.435 e. The van der Waals surface area contributed by atoms with Crippen LogP contribution in [0.5, 0.6) is 0 Å². The van der Waals surface area contributed by atoms with Crippen molar-refractivity contribution in [3.05, 3.63) is 65.9 Å². The Bertz CT molecular complexity index is 1090. The van der Waals surface area contributed by atoms with Gasteiger partial charge in [0.15, 0.2) is 5.69 Å². The minimum Gasteiger partial charge on any atom is -0.298 e. The first kappa shape index (κ1) is 18.8. The van der Waals surface area contributed by atoms with Gasteiger partial charge in [0.25, 0.3) is 0 Å². The molecule has 0 saturated heterocycles. The first-order chi connectivity index (χ1) is 12.6. The number of carbonyl (C=O) groups excluding carboxylic acids is 1. The van der Waals surface area contributed by atoms with Crippen LogP contribution >= 0.6 is 0 Å². The lowest BCUT2D eigenvalue weighted by atomic mass is 10.1. The number of hydrogen-bond acceptors (Lipinski definition) is 4. The molecule has 0 unspecified atom stereocenters. The molecular weight excluding hydrogens is 383 g/mol. The summed E-state index contributed by atoms with van der Waals surface area (Å²) in [4.78, 5) is 10.6. The van der Waals surface area contributed by atoms with E-state index in [1.165, 1.54) is 48.5 Å². The van der Waals surface area contributed by atoms with Crippen molar-refractivity contribution in [3.63, 3.8) is 0 Å². The Labute approximate surface area is 152 Å². The van der Waals surface area contributed by atoms with E-state index in [1.807, 2.05) is 0 Å². The van der Waals surface area contributed by atoms with E-state index in [9.17, 15) is 26.4 Å². The lowest BCUT2D eigenvalue weighted by Gasteiger charge is -2.08. The second-order valence-electron chi connectivity index (χ2n) is 5.60. The molecule has 0 amide bonds. The molecule has 3 rings (SSSR count). The number of nitrogens with two attached hydrogens (primary N) is 1. The minimum atomic E-state index is -4.66. The van der Waals surface area contributed by atoms with Gasteiger partial charge in [0, 0.05) is 11.1 Å². The number of alkyl halides is 3. The van der Waals surface area contributed by atoms with Gasteiger partial charge in [-0.2, -0.15) is 18.3 Å². The molecule has 0 saturated carbocycles. The summed E-state index contributed by atoms with van der Waals surface area (Å²) in [6, 6.07) is 11.8. The fourth-order valence-corrected chi connectivity index (χ4v) is 2.95. The van der Waals surface area contributed by atoms with Crippen molar-refractivity contribution in [1.82, 2.24) is 9.78 Å². The predicted molar refractivity (Wildman–Crippen MR) is 90.8 cm³/mol. The Balaban J connectivity index is 2.15. The zero-order valence-electron chi connectivity index (χ0n) is 13.5. The average Bonchev–Trinajstić information content (AvgIpc) is 3.07. The van der Waals surface area contributed by atoms with Gasteiger partial charge in [-0.3, -0.25) is 4.79 Å². The van der Waals surface area contributed by atoms with Crippen LogP contribution in [0.2, 0.25) is 0 Å². The maximum atomic E-state index is 13.1. The summed E-state index contributed by atoms with van der Waals surface area (Å²) in [6.07, 6.45) is -4.04. The molecule has 0 fully saturated rings. The van der Waals surface area contributed by atoms with Crippen LogP contribution in [0.4, 0.5) is 13.2 Å². The molecule has 0 atom stereocenters. The van der Waals surface area contributed by atoms with Gasteiger partial charge in [-0.15, -0.1) is 0 Å². The van der Waals surface area contributed by atoms with Crippen molar-refractivity contribution in [2.75, 3.05) is 0 Å². The van der Waals surface area contributed by atoms with Gasteiger partial charge in [-0.25, -0.2) is 18.2 Å². The van der Waals surface area contributed by atoms with Gasteiger partial charge in [-0.1, -0.05) is 24.3 Å². The molecule has 0 bridgehead atoms. The topological polar surface area (TPSA) is 95.1 Å². The van der Waals surface area contributed by atoms with Gasteiger partial charge in [0.05, 0.1) is 16.3 Å². The Morgan fingerprint density at radius 2 is 1.59 bits per heavy atom. The van der Waals surface area contributed by atoms with Crippen molar-refractivity contribution in [2.45, 2.75) is 11.1 Å². The van der Waals surface area contributed by atoms with Crippen molar-refractivity contribution in [2.24, 2.45) is 5.14 Å². The summed E-state index contributed by atoms with van der Waals surface area (Å²) < 4.78 is 63.1. The highest BCUT2D eigenvalue weighted by Gasteiger charge is 2.35. The molecular formula is C17H12F3N3O3S. The van der Waals surface area contributed by atoms with E-state index in [0.29, 0.717) is 17.4 Å². The number of hydrogen-bond donors (Lipinski definition) is 1. The summed E-state index contributed by atoms with van der Waals surface area (Å²) in [6.45, 7) is 0. The molecule has 10 heteroatoms. The Morgan fingerprint density at radius 1 is 1.00 bits per heavy atom. The van der Waals surface area contributed by atoms with Crippen LogP contribution in [0.25, 0.3) is 16.9 Å². The molecule has 0 aliphatic heterocycles. The Morgan fingerprint density at radius 3 is 2.07 bits per heavy atom. The van der Waals surface area contributed by atoms with Crippen LogP contribution < -0.4 is 5.14 Å². The quantitative estimate of drug-likeness (QED) is 0.687. The number of aromatic nitrogens is 2. The number of primary sulfonamides is 1. The standard InChI is InChI=1S/C17H12F3N3O3S/c18-17(19,20)16-9-15(12-3-1-11(10-24)2-4-12)23(22-16)13-5-7-14(8-6-13)27(21,25)26/h1-10H,(H2,21,25,26). The van der Waals surface area contributed by atoms with E-state index in [2.05, 4.69) is 5.10 Å². The third-order valence-corrected chi connectivity index (χ3v) is 4.68. The highest BCUT2D eigenvalue weighted by Crippen LogP contribution is 2.33. The maximum absolute atomic E-state index is 13.1. The van der Waals surface area contributed by atoms with E-state index in [-0.39, 0.29) is 16.3 Å². The Hall–Kier alpha value is -2.98. The van der Waals surface area contributed by atoms with Crippen LogP contribution in [0.3, 0.4) is 0 Å². The third-order valence-electron chi connectivity index (χ3n) is 3.75. The van der Waals surface area contributed by atoms with E-state index >= 15 is 0 Å². The Kier molecular flexibility index (Phi) is 4.62. The van der Waals surface area contributed by atoms with E-state index < -0.39 is 21.9 Å². The number of rotatable bonds is 4. The van der Waals surface area contributed by atoms with Crippen LogP contribution in [-0.4, -0.2) is 24.5 Å². The van der Waals surface area contributed by atoms with Gasteiger partial charge >= 0.3 is 6.18 Å². The number of halogens is 3. The molecule has 1 heterocycles. The van der Waals surface area contributed by atoms with E-state index in [1.54, 1.807) is 0 Å². The summed E-state index contributed by atoms with van der Waals surface area (Å²) in [7, 11) is -3.93. The number of carbonyl (C=O) groups is 1. The second kappa shape index (κ2) is 6.63. The summed E-state index contributed by atoms with van der Waals surface area (Å²) >= 11 is 0. The fraction of sp³-hybridized carbons (Fsp3) is 0.0588. The van der Waals surface area contributed by atoms with Crippen LogP contribution in [-0.2, 0) is 16.2 Å². The van der Waals surface area contributed by atoms with Crippen LogP contribution in [0.1, 0.15) is 16.1 Å². The van der Waals surface area contributed by atoms with Gasteiger partial charge in [-0.05, 0) is 30.3 Å². The number of nitrogens with zero attached hydrogens (tertiary/aromatic N) is 2. The van der Waals surface area contributed by atoms with Gasteiger partial charge < -0.3 is 0 Å². The highest BCUT2D eigenvalue weighted by atomic mass is 32.2. The van der Waals surface area contributed by atoms with Gasteiger partial charge in [0.2, 0.25) is 10.0 Å². The first-order valence-electron chi connectivity index (χ1n) is 7.46. The molecule has 0 aliphatic rings. The fourth-order valence-electron chi connectivity index (χ4n) is 2.43. The molecule has 0 aliphatic carbocycles. The molecule has 2 N–H and O–H groups in total. The molecule has 27 heavy (non-hydrogen) atoms. The predicted octanol–water partition coefficient (Wildman–Crippen LogP) is 3.02. The summed E-state index contributed by atoms with van der Waals surface area (Å²) in [5, 5.41) is 8.63. The first-order valence-corrected chi connectivity index (χ1v) is 9.00. The van der Waals surface area contributed by atoms with Gasteiger partial charge in [0.1, 0.15) is 6.29 Å². The minimum absolute atomic E-state index is 0.128. The SMILES string of the molecule is NS(=O)(=O)c1ccc(-n2nc(C(F)(F)F)cc2-c2ccc(C=O)cc2)cc1.